The van der Waals surface area contributed by atoms with E-state index >= 15 is 0 Å². The fourth-order valence-electron chi connectivity index (χ4n) is 1.99. The van der Waals surface area contributed by atoms with Gasteiger partial charge < -0.3 is 9.47 Å². The fourth-order valence-corrected chi connectivity index (χ4v) is 2.50. The molecule has 1 aliphatic heterocycles. The molecule has 0 N–H and O–H groups in total. The van der Waals surface area contributed by atoms with Crippen molar-refractivity contribution < 1.29 is 9.47 Å². The highest BCUT2D eigenvalue weighted by Gasteiger charge is 2.18. The van der Waals surface area contributed by atoms with Gasteiger partial charge in [-0.3, -0.25) is 0 Å². The monoisotopic (exact) mass is 280 g/mol. The molecule has 2 aromatic carbocycles. The third-order valence-electron chi connectivity index (χ3n) is 2.79. The first kappa shape index (κ1) is 11.7. The van der Waals surface area contributed by atoms with Crippen LogP contribution in [-0.4, -0.2) is 13.2 Å². The minimum Gasteiger partial charge on any atom is -0.486 e. The Balaban J connectivity index is 2.17. The maximum Gasteiger partial charge on any atom is 0.169 e. The Morgan fingerprint density at radius 1 is 0.889 bits per heavy atom. The van der Waals surface area contributed by atoms with Crippen LogP contribution in [0.15, 0.2) is 36.4 Å². The first-order chi connectivity index (χ1) is 8.75. The van der Waals surface area contributed by atoms with E-state index in [9.17, 15) is 0 Å². The van der Waals surface area contributed by atoms with Gasteiger partial charge in [0, 0.05) is 16.1 Å². The second-order valence-corrected chi connectivity index (χ2v) is 4.80. The number of rotatable bonds is 1. The Labute approximate surface area is 115 Å². The molecule has 0 aromatic heterocycles. The van der Waals surface area contributed by atoms with Crippen LogP contribution < -0.4 is 9.47 Å². The third-order valence-corrected chi connectivity index (χ3v) is 3.34. The van der Waals surface area contributed by atoms with Crippen LogP contribution >= 0.6 is 23.2 Å². The minimum absolute atomic E-state index is 0.551. The highest BCUT2D eigenvalue weighted by Crippen LogP contribution is 2.42. The maximum absolute atomic E-state index is 6.23. The van der Waals surface area contributed by atoms with Gasteiger partial charge >= 0.3 is 0 Å². The first-order valence-corrected chi connectivity index (χ1v) is 6.35. The lowest BCUT2D eigenvalue weighted by Gasteiger charge is -2.21. The Morgan fingerprint density at radius 2 is 1.72 bits per heavy atom. The molecular formula is C14H10Cl2O2. The van der Waals surface area contributed by atoms with Gasteiger partial charge in [-0.15, -0.1) is 0 Å². The van der Waals surface area contributed by atoms with Gasteiger partial charge in [-0.1, -0.05) is 41.4 Å². The standard InChI is InChI=1S/C14H10Cl2O2/c15-9-4-5-10(12(16)8-9)11-2-1-3-13-14(11)18-7-6-17-13/h1-5,8H,6-7H2. The molecule has 3 rings (SSSR count). The number of ether oxygens (including phenoxy) is 2. The van der Waals surface area contributed by atoms with Gasteiger partial charge in [-0.25, -0.2) is 0 Å². The van der Waals surface area contributed by atoms with E-state index in [1.54, 1.807) is 6.07 Å². The van der Waals surface area contributed by atoms with Crippen molar-refractivity contribution in [1.82, 2.24) is 0 Å². The predicted octanol–water partition coefficient (Wildman–Crippen LogP) is 4.43. The van der Waals surface area contributed by atoms with E-state index in [1.807, 2.05) is 30.3 Å². The van der Waals surface area contributed by atoms with E-state index in [0.29, 0.717) is 23.3 Å². The molecule has 2 aromatic rings. The van der Waals surface area contributed by atoms with Crippen molar-refractivity contribution in [2.45, 2.75) is 0 Å². The van der Waals surface area contributed by atoms with Crippen molar-refractivity contribution in [2.24, 2.45) is 0 Å². The number of hydrogen-bond donors (Lipinski definition) is 0. The van der Waals surface area contributed by atoms with E-state index in [4.69, 9.17) is 32.7 Å². The van der Waals surface area contributed by atoms with Crippen LogP contribution in [0.4, 0.5) is 0 Å². The van der Waals surface area contributed by atoms with Gasteiger partial charge in [-0.2, -0.15) is 0 Å². The molecule has 18 heavy (non-hydrogen) atoms. The summed E-state index contributed by atoms with van der Waals surface area (Å²) in [4.78, 5) is 0. The molecule has 0 atom stereocenters. The molecule has 4 heteroatoms. The van der Waals surface area contributed by atoms with Crippen molar-refractivity contribution in [3.05, 3.63) is 46.4 Å². The summed E-state index contributed by atoms with van der Waals surface area (Å²) < 4.78 is 11.2. The molecule has 0 bridgehead atoms. The molecule has 1 heterocycles. The molecule has 1 aliphatic rings. The molecular weight excluding hydrogens is 271 g/mol. The Kier molecular flexibility index (Phi) is 3.06. The topological polar surface area (TPSA) is 18.5 Å². The molecule has 0 spiro atoms. The Hall–Kier alpha value is -1.38. The van der Waals surface area contributed by atoms with Crippen LogP contribution in [0.5, 0.6) is 11.5 Å². The zero-order valence-electron chi connectivity index (χ0n) is 9.45. The molecule has 0 aliphatic carbocycles. The van der Waals surface area contributed by atoms with Crippen molar-refractivity contribution >= 4 is 23.2 Å². The SMILES string of the molecule is Clc1ccc(-c2cccc3c2OCCO3)c(Cl)c1. The summed E-state index contributed by atoms with van der Waals surface area (Å²) in [6.07, 6.45) is 0. The highest BCUT2D eigenvalue weighted by molar-refractivity contribution is 6.36. The summed E-state index contributed by atoms with van der Waals surface area (Å²) >= 11 is 12.1. The summed E-state index contributed by atoms with van der Waals surface area (Å²) in [6, 6.07) is 11.2. The zero-order valence-corrected chi connectivity index (χ0v) is 11.0. The number of hydrogen-bond acceptors (Lipinski definition) is 2. The highest BCUT2D eigenvalue weighted by atomic mass is 35.5. The van der Waals surface area contributed by atoms with Gasteiger partial charge in [0.05, 0.1) is 5.02 Å². The molecule has 0 fully saturated rings. The van der Waals surface area contributed by atoms with Gasteiger partial charge in [0.25, 0.3) is 0 Å². The second kappa shape index (κ2) is 4.71. The average molecular weight is 281 g/mol. The van der Waals surface area contributed by atoms with Gasteiger partial charge in [0.2, 0.25) is 0 Å². The van der Waals surface area contributed by atoms with Crippen LogP contribution in [-0.2, 0) is 0 Å². The minimum atomic E-state index is 0.551. The van der Waals surface area contributed by atoms with Crippen LogP contribution in [0.2, 0.25) is 10.0 Å². The summed E-state index contributed by atoms with van der Waals surface area (Å²) in [7, 11) is 0. The largest absolute Gasteiger partial charge is 0.486 e. The number of halogens is 2. The lowest BCUT2D eigenvalue weighted by Crippen LogP contribution is -2.15. The van der Waals surface area contributed by atoms with Crippen LogP contribution in [0, 0.1) is 0 Å². The van der Waals surface area contributed by atoms with E-state index in [-0.39, 0.29) is 0 Å². The molecule has 0 amide bonds. The van der Waals surface area contributed by atoms with Crippen LogP contribution in [0.25, 0.3) is 11.1 Å². The van der Waals surface area contributed by atoms with E-state index in [2.05, 4.69) is 0 Å². The van der Waals surface area contributed by atoms with Crippen LogP contribution in [0.1, 0.15) is 0 Å². The molecule has 2 nitrogen and oxygen atoms in total. The third kappa shape index (κ3) is 2.02. The zero-order chi connectivity index (χ0) is 12.5. The second-order valence-electron chi connectivity index (χ2n) is 3.95. The van der Waals surface area contributed by atoms with E-state index < -0.39 is 0 Å². The predicted molar refractivity (Wildman–Crippen MR) is 72.9 cm³/mol. The molecule has 0 saturated carbocycles. The smallest absolute Gasteiger partial charge is 0.169 e. The number of benzene rings is 2. The van der Waals surface area contributed by atoms with Gasteiger partial charge in [-0.05, 0) is 18.2 Å². The molecule has 92 valence electrons. The van der Waals surface area contributed by atoms with Gasteiger partial charge in [0.1, 0.15) is 13.2 Å². The van der Waals surface area contributed by atoms with E-state index in [0.717, 1.165) is 22.6 Å². The Morgan fingerprint density at radius 3 is 2.56 bits per heavy atom. The maximum atomic E-state index is 6.23. The summed E-state index contributed by atoms with van der Waals surface area (Å²) in [6.45, 7) is 1.13. The molecule has 0 radical (unpaired) electrons. The molecule has 0 unspecified atom stereocenters. The number of fused-ring (bicyclic) bond motifs is 1. The average Bonchev–Trinajstić information content (AvgIpc) is 2.38. The summed E-state index contributed by atoms with van der Waals surface area (Å²) in [5.41, 5.74) is 1.82. The Bertz CT molecular complexity index is 596. The molecule has 0 saturated heterocycles. The van der Waals surface area contributed by atoms with Crippen LogP contribution in [0.3, 0.4) is 0 Å². The lowest BCUT2D eigenvalue weighted by molar-refractivity contribution is 0.172. The number of para-hydroxylation sites is 1. The quantitative estimate of drug-likeness (QED) is 0.769. The van der Waals surface area contributed by atoms with Crippen molar-refractivity contribution in [2.75, 3.05) is 13.2 Å². The van der Waals surface area contributed by atoms with Crippen molar-refractivity contribution in [3.8, 4) is 22.6 Å². The van der Waals surface area contributed by atoms with E-state index in [1.165, 1.54) is 0 Å². The van der Waals surface area contributed by atoms with Crippen molar-refractivity contribution in [1.29, 1.82) is 0 Å². The van der Waals surface area contributed by atoms with Gasteiger partial charge in [0.15, 0.2) is 11.5 Å². The van der Waals surface area contributed by atoms with Crippen molar-refractivity contribution in [3.63, 3.8) is 0 Å². The normalized spacial score (nSPS) is 13.4. The fraction of sp³-hybridized carbons (Fsp3) is 0.143. The summed E-state index contributed by atoms with van der Waals surface area (Å²) in [5, 5.41) is 1.22. The first-order valence-electron chi connectivity index (χ1n) is 5.60. The lowest BCUT2D eigenvalue weighted by atomic mass is 10.0. The summed E-state index contributed by atoms with van der Waals surface area (Å²) in [5.74, 6) is 1.50.